The number of pyridine rings is 1. The summed E-state index contributed by atoms with van der Waals surface area (Å²) in [6, 6.07) is 11.9. The summed E-state index contributed by atoms with van der Waals surface area (Å²) in [5, 5.41) is 13.8. The molecule has 2 heterocycles. The van der Waals surface area contributed by atoms with Gasteiger partial charge in [-0.05, 0) is 31.2 Å². The van der Waals surface area contributed by atoms with E-state index in [4.69, 9.17) is 9.78 Å². The molecule has 0 radical (unpaired) electrons. The highest BCUT2D eigenvalue weighted by molar-refractivity contribution is 5.82. The SMILES string of the molecule is CC(C#N)Cc1nc(-c2ccc3ncccc3c2)no1. The number of nitrogens with zero attached hydrogens (tertiary/aromatic N) is 4. The molecule has 0 aliphatic heterocycles. The summed E-state index contributed by atoms with van der Waals surface area (Å²) in [5.74, 6) is 0.889. The fourth-order valence-electron chi connectivity index (χ4n) is 1.98. The average molecular weight is 264 g/mol. The molecule has 0 spiro atoms. The third-order valence-electron chi connectivity index (χ3n) is 3.03. The van der Waals surface area contributed by atoms with Gasteiger partial charge in [0.1, 0.15) is 0 Å². The van der Waals surface area contributed by atoms with Crippen molar-refractivity contribution in [1.29, 1.82) is 5.26 Å². The molecule has 0 aliphatic carbocycles. The quantitative estimate of drug-likeness (QED) is 0.726. The number of aromatic nitrogens is 3. The van der Waals surface area contributed by atoms with Crippen molar-refractivity contribution >= 4 is 10.9 Å². The summed E-state index contributed by atoms with van der Waals surface area (Å²) in [7, 11) is 0. The van der Waals surface area contributed by atoms with Gasteiger partial charge < -0.3 is 4.52 Å². The van der Waals surface area contributed by atoms with E-state index >= 15 is 0 Å². The van der Waals surface area contributed by atoms with Gasteiger partial charge in [0.15, 0.2) is 0 Å². The monoisotopic (exact) mass is 264 g/mol. The minimum atomic E-state index is -0.135. The molecule has 0 bridgehead atoms. The maximum atomic E-state index is 8.79. The normalized spacial score (nSPS) is 12.2. The van der Waals surface area contributed by atoms with Gasteiger partial charge in [0.05, 0.1) is 17.5 Å². The van der Waals surface area contributed by atoms with E-state index in [-0.39, 0.29) is 5.92 Å². The van der Waals surface area contributed by atoms with Crippen LogP contribution in [0.3, 0.4) is 0 Å². The Morgan fingerprint density at radius 2 is 2.25 bits per heavy atom. The Bertz CT molecular complexity index is 788. The molecule has 0 N–H and O–H groups in total. The zero-order valence-corrected chi connectivity index (χ0v) is 10.9. The van der Waals surface area contributed by atoms with Gasteiger partial charge in [-0.1, -0.05) is 11.2 Å². The van der Waals surface area contributed by atoms with Crippen LogP contribution in [-0.2, 0) is 6.42 Å². The average Bonchev–Trinajstić information content (AvgIpc) is 2.95. The van der Waals surface area contributed by atoms with Crippen LogP contribution < -0.4 is 0 Å². The second-order valence-electron chi connectivity index (χ2n) is 4.66. The molecule has 1 unspecified atom stereocenters. The van der Waals surface area contributed by atoms with E-state index in [0.717, 1.165) is 16.5 Å². The molecule has 0 saturated carbocycles. The first-order chi connectivity index (χ1) is 9.76. The summed E-state index contributed by atoms with van der Waals surface area (Å²) in [6.45, 7) is 1.82. The predicted molar refractivity (Wildman–Crippen MR) is 73.5 cm³/mol. The van der Waals surface area contributed by atoms with Crippen LogP contribution in [-0.4, -0.2) is 15.1 Å². The molecule has 3 rings (SSSR count). The maximum Gasteiger partial charge on any atom is 0.228 e. The Morgan fingerprint density at radius 1 is 1.35 bits per heavy atom. The van der Waals surface area contributed by atoms with Gasteiger partial charge in [-0.15, -0.1) is 0 Å². The fourth-order valence-corrected chi connectivity index (χ4v) is 1.98. The van der Waals surface area contributed by atoms with Crippen LogP contribution in [0.2, 0.25) is 0 Å². The highest BCUT2D eigenvalue weighted by Crippen LogP contribution is 2.21. The van der Waals surface area contributed by atoms with Crippen molar-refractivity contribution in [3.63, 3.8) is 0 Å². The first-order valence-electron chi connectivity index (χ1n) is 6.33. The van der Waals surface area contributed by atoms with E-state index in [2.05, 4.69) is 21.2 Å². The lowest BCUT2D eigenvalue weighted by molar-refractivity contribution is 0.369. The number of rotatable bonds is 3. The predicted octanol–water partition coefficient (Wildman–Crippen LogP) is 2.99. The Hall–Kier alpha value is -2.74. The third kappa shape index (κ3) is 2.36. The van der Waals surface area contributed by atoms with Crippen molar-refractivity contribution in [2.24, 2.45) is 5.92 Å². The molecule has 5 nitrogen and oxygen atoms in total. The fraction of sp³-hybridized carbons (Fsp3) is 0.200. The van der Waals surface area contributed by atoms with E-state index in [1.165, 1.54) is 0 Å². The molecule has 5 heteroatoms. The summed E-state index contributed by atoms with van der Waals surface area (Å²) < 4.78 is 5.18. The first kappa shape index (κ1) is 12.3. The lowest BCUT2D eigenvalue weighted by Crippen LogP contribution is -1.96. The van der Waals surface area contributed by atoms with Crippen LogP contribution >= 0.6 is 0 Å². The molecular formula is C15H12N4O. The van der Waals surface area contributed by atoms with E-state index in [9.17, 15) is 0 Å². The van der Waals surface area contributed by atoms with E-state index in [1.807, 2.05) is 37.3 Å². The topological polar surface area (TPSA) is 75.6 Å². The largest absolute Gasteiger partial charge is 0.339 e. The standard InChI is InChI=1S/C15H12N4O/c1-10(9-16)7-14-18-15(19-20-14)12-4-5-13-11(8-12)3-2-6-17-13/h2-6,8,10H,7H2,1H3. The van der Waals surface area contributed by atoms with Gasteiger partial charge in [0.2, 0.25) is 11.7 Å². The number of hydrogen-bond acceptors (Lipinski definition) is 5. The third-order valence-corrected chi connectivity index (χ3v) is 3.03. The van der Waals surface area contributed by atoms with Gasteiger partial charge in [-0.3, -0.25) is 4.98 Å². The molecule has 0 aliphatic rings. The molecule has 1 atom stereocenters. The summed E-state index contributed by atoms with van der Waals surface area (Å²) >= 11 is 0. The highest BCUT2D eigenvalue weighted by atomic mass is 16.5. The number of benzene rings is 1. The molecular weight excluding hydrogens is 252 g/mol. The van der Waals surface area contributed by atoms with Crippen molar-refractivity contribution in [1.82, 2.24) is 15.1 Å². The molecule has 0 amide bonds. The van der Waals surface area contributed by atoms with E-state index in [1.54, 1.807) is 6.20 Å². The Morgan fingerprint density at radius 3 is 3.10 bits per heavy atom. The van der Waals surface area contributed by atoms with Crippen molar-refractivity contribution in [3.8, 4) is 17.5 Å². The van der Waals surface area contributed by atoms with E-state index in [0.29, 0.717) is 18.1 Å². The minimum Gasteiger partial charge on any atom is -0.339 e. The van der Waals surface area contributed by atoms with Crippen LogP contribution in [0.4, 0.5) is 0 Å². The molecule has 2 aromatic heterocycles. The molecule has 3 aromatic rings. The smallest absolute Gasteiger partial charge is 0.228 e. The van der Waals surface area contributed by atoms with Gasteiger partial charge in [0, 0.05) is 23.6 Å². The summed E-state index contributed by atoms with van der Waals surface area (Å²) in [4.78, 5) is 8.60. The highest BCUT2D eigenvalue weighted by Gasteiger charge is 2.12. The molecule has 1 aromatic carbocycles. The lowest BCUT2D eigenvalue weighted by atomic mass is 10.1. The second-order valence-corrected chi connectivity index (χ2v) is 4.66. The van der Waals surface area contributed by atoms with Gasteiger partial charge >= 0.3 is 0 Å². The van der Waals surface area contributed by atoms with Crippen LogP contribution in [0.1, 0.15) is 12.8 Å². The minimum absolute atomic E-state index is 0.135. The first-order valence-corrected chi connectivity index (χ1v) is 6.33. The molecule has 98 valence electrons. The van der Waals surface area contributed by atoms with Crippen LogP contribution in [0.15, 0.2) is 41.1 Å². The van der Waals surface area contributed by atoms with Gasteiger partial charge in [-0.25, -0.2) is 0 Å². The summed E-state index contributed by atoms with van der Waals surface area (Å²) in [5.41, 5.74) is 1.81. The Labute approximate surface area is 115 Å². The zero-order chi connectivity index (χ0) is 13.9. The lowest BCUT2D eigenvalue weighted by Gasteiger charge is -1.98. The Balaban J connectivity index is 1.93. The van der Waals surface area contributed by atoms with Crippen LogP contribution in [0.25, 0.3) is 22.3 Å². The molecule has 0 fully saturated rings. The zero-order valence-electron chi connectivity index (χ0n) is 10.9. The number of nitriles is 1. The van der Waals surface area contributed by atoms with Gasteiger partial charge in [0.25, 0.3) is 0 Å². The van der Waals surface area contributed by atoms with Crippen molar-refractivity contribution in [2.75, 3.05) is 0 Å². The maximum absolute atomic E-state index is 8.79. The van der Waals surface area contributed by atoms with Crippen molar-refractivity contribution < 1.29 is 4.52 Å². The van der Waals surface area contributed by atoms with Crippen LogP contribution in [0.5, 0.6) is 0 Å². The van der Waals surface area contributed by atoms with Crippen LogP contribution in [0, 0.1) is 17.2 Å². The second kappa shape index (κ2) is 5.10. The van der Waals surface area contributed by atoms with Crippen molar-refractivity contribution in [3.05, 3.63) is 42.4 Å². The van der Waals surface area contributed by atoms with Gasteiger partial charge in [-0.2, -0.15) is 10.2 Å². The Kier molecular flexibility index (Phi) is 3.13. The summed E-state index contributed by atoms with van der Waals surface area (Å²) in [6.07, 6.45) is 2.23. The van der Waals surface area contributed by atoms with E-state index < -0.39 is 0 Å². The molecule has 0 saturated heterocycles. The molecule has 20 heavy (non-hydrogen) atoms. The van der Waals surface area contributed by atoms with Crippen molar-refractivity contribution in [2.45, 2.75) is 13.3 Å². The number of fused-ring (bicyclic) bond motifs is 1. The number of hydrogen-bond donors (Lipinski definition) is 0.